The fraction of sp³-hybridized carbons (Fsp3) is 0.692. The van der Waals surface area contributed by atoms with E-state index in [1.165, 1.54) is 4.57 Å². The van der Waals surface area contributed by atoms with Crippen molar-refractivity contribution in [3.8, 4) is 0 Å². The summed E-state index contributed by atoms with van der Waals surface area (Å²) in [6.45, 7) is 5.77. The molecule has 0 spiro atoms. The second kappa shape index (κ2) is 5.70. The molecule has 1 saturated heterocycles. The Labute approximate surface area is 117 Å². The van der Waals surface area contributed by atoms with Crippen molar-refractivity contribution in [2.45, 2.75) is 26.8 Å². The molecule has 1 aliphatic heterocycles. The van der Waals surface area contributed by atoms with Gasteiger partial charge < -0.3 is 15.7 Å². The number of nitrogen functional groups attached to an aromatic ring is 1. The molecule has 20 heavy (non-hydrogen) atoms. The molecule has 7 nitrogen and oxygen atoms in total. The predicted octanol–water partition coefficient (Wildman–Crippen LogP) is -0.407. The Hall–Kier alpha value is -1.76. The summed E-state index contributed by atoms with van der Waals surface area (Å²) in [5.41, 5.74) is 5.46. The molecule has 1 unspecified atom stereocenters. The maximum absolute atomic E-state index is 12.0. The number of aliphatic hydroxyl groups is 1. The molecule has 1 aliphatic rings. The first kappa shape index (κ1) is 14.6. The van der Waals surface area contributed by atoms with Gasteiger partial charge in [-0.3, -0.25) is 14.3 Å². The first-order valence-corrected chi connectivity index (χ1v) is 6.92. The maximum atomic E-state index is 12.0. The van der Waals surface area contributed by atoms with Gasteiger partial charge in [0.05, 0.1) is 0 Å². The zero-order valence-electron chi connectivity index (χ0n) is 11.9. The van der Waals surface area contributed by atoms with Crippen molar-refractivity contribution in [2.24, 2.45) is 11.8 Å². The van der Waals surface area contributed by atoms with Gasteiger partial charge in [-0.15, -0.1) is 0 Å². The summed E-state index contributed by atoms with van der Waals surface area (Å²) >= 11 is 0. The number of aliphatic hydroxyl groups excluding tert-OH is 1. The van der Waals surface area contributed by atoms with E-state index in [1.54, 1.807) is 0 Å². The molecular weight excluding hydrogens is 260 g/mol. The van der Waals surface area contributed by atoms with E-state index in [1.807, 2.05) is 18.7 Å². The smallest absolute Gasteiger partial charge is 0.330 e. The topological polar surface area (TPSA) is 104 Å². The quantitative estimate of drug-likeness (QED) is 0.696. The highest BCUT2D eigenvalue weighted by Gasteiger charge is 2.27. The molecule has 0 radical (unpaired) electrons. The van der Waals surface area contributed by atoms with Crippen LogP contribution in [0, 0.1) is 11.8 Å². The lowest BCUT2D eigenvalue weighted by molar-refractivity contribution is 0.238. The summed E-state index contributed by atoms with van der Waals surface area (Å²) < 4.78 is 1.41. The molecule has 0 saturated carbocycles. The molecule has 0 amide bonds. The third kappa shape index (κ3) is 2.72. The number of H-pyrrole nitrogens is 1. The lowest BCUT2D eigenvalue weighted by Gasteiger charge is -2.21. The average Bonchev–Trinajstić information content (AvgIpc) is 2.82. The molecule has 0 aliphatic carbocycles. The predicted molar refractivity (Wildman–Crippen MR) is 78.0 cm³/mol. The highest BCUT2D eigenvalue weighted by atomic mass is 16.3. The van der Waals surface area contributed by atoms with Crippen LogP contribution in [0.5, 0.6) is 0 Å². The first-order chi connectivity index (χ1) is 9.43. The SMILES string of the molecule is CC(C)Cn1c(N)c(N2CCC(CO)C2)c(=O)[nH]c1=O. The van der Waals surface area contributed by atoms with E-state index in [0.29, 0.717) is 25.3 Å². The Morgan fingerprint density at radius 2 is 2.15 bits per heavy atom. The van der Waals surface area contributed by atoms with Gasteiger partial charge in [-0.2, -0.15) is 0 Å². The standard InChI is InChI=1S/C13H22N4O3/c1-8(2)5-17-11(14)10(12(19)15-13(17)20)16-4-3-9(6-16)7-18/h8-9,18H,3-7,14H2,1-2H3,(H,15,19,20). The molecule has 1 atom stereocenters. The number of hydrogen-bond acceptors (Lipinski definition) is 5. The van der Waals surface area contributed by atoms with Crippen LogP contribution in [0.15, 0.2) is 9.59 Å². The number of hydrogen-bond donors (Lipinski definition) is 3. The van der Waals surface area contributed by atoms with Crippen molar-refractivity contribution < 1.29 is 5.11 Å². The molecule has 2 heterocycles. The van der Waals surface area contributed by atoms with Crippen molar-refractivity contribution in [1.29, 1.82) is 0 Å². The summed E-state index contributed by atoms with van der Waals surface area (Å²) in [7, 11) is 0. The van der Waals surface area contributed by atoms with Crippen LogP contribution in [0.1, 0.15) is 20.3 Å². The van der Waals surface area contributed by atoms with E-state index in [9.17, 15) is 14.7 Å². The van der Waals surface area contributed by atoms with Crippen LogP contribution in [0.3, 0.4) is 0 Å². The van der Waals surface area contributed by atoms with E-state index in [2.05, 4.69) is 4.98 Å². The van der Waals surface area contributed by atoms with Crippen molar-refractivity contribution in [2.75, 3.05) is 30.3 Å². The fourth-order valence-corrected chi connectivity index (χ4v) is 2.61. The molecule has 0 bridgehead atoms. The van der Waals surface area contributed by atoms with Crippen LogP contribution < -0.4 is 21.9 Å². The van der Waals surface area contributed by atoms with Gasteiger partial charge in [0.25, 0.3) is 5.56 Å². The van der Waals surface area contributed by atoms with E-state index in [0.717, 1.165) is 6.42 Å². The van der Waals surface area contributed by atoms with Crippen LogP contribution in [0.4, 0.5) is 11.5 Å². The van der Waals surface area contributed by atoms with Crippen molar-refractivity contribution in [1.82, 2.24) is 9.55 Å². The van der Waals surface area contributed by atoms with Crippen LogP contribution in [-0.4, -0.2) is 34.4 Å². The molecule has 0 aromatic carbocycles. The zero-order chi connectivity index (χ0) is 14.9. The highest BCUT2D eigenvalue weighted by Crippen LogP contribution is 2.24. The second-order valence-electron chi connectivity index (χ2n) is 5.78. The Morgan fingerprint density at radius 3 is 2.70 bits per heavy atom. The van der Waals surface area contributed by atoms with Gasteiger partial charge in [0.2, 0.25) is 0 Å². The monoisotopic (exact) mass is 282 g/mol. The van der Waals surface area contributed by atoms with Crippen molar-refractivity contribution in [3.63, 3.8) is 0 Å². The number of anilines is 2. The van der Waals surface area contributed by atoms with E-state index < -0.39 is 11.2 Å². The zero-order valence-corrected chi connectivity index (χ0v) is 11.9. The minimum atomic E-state index is -0.470. The third-order valence-electron chi connectivity index (χ3n) is 3.62. The van der Waals surface area contributed by atoms with Gasteiger partial charge in [-0.05, 0) is 12.3 Å². The lowest BCUT2D eigenvalue weighted by atomic mass is 10.1. The van der Waals surface area contributed by atoms with Crippen LogP contribution in [0.25, 0.3) is 0 Å². The number of nitrogens with zero attached hydrogens (tertiary/aromatic N) is 2. The van der Waals surface area contributed by atoms with Gasteiger partial charge in [0, 0.05) is 32.2 Å². The average molecular weight is 282 g/mol. The number of nitrogens with one attached hydrogen (secondary N) is 1. The van der Waals surface area contributed by atoms with Gasteiger partial charge >= 0.3 is 5.69 Å². The summed E-state index contributed by atoms with van der Waals surface area (Å²) in [6, 6.07) is 0. The van der Waals surface area contributed by atoms with Crippen LogP contribution >= 0.6 is 0 Å². The molecule has 112 valence electrons. The van der Waals surface area contributed by atoms with Gasteiger partial charge in [0.15, 0.2) is 0 Å². The van der Waals surface area contributed by atoms with Crippen molar-refractivity contribution in [3.05, 3.63) is 20.8 Å². The normalized spacial score (nSPS) is 19.0. The van der Waals surface area contributed by atoms with E-state index in [4.69, 9.17) is 5.73 Å². The van der Waals surface area contributed by atoms with Crippen LogP contribution in [-0.2, 0) is 6.54 Å². The molecule has 1 fully saturated rings. The van der Waals surface area contributed by atoms with Crippen LogP contribution in [0.2, 0.25) is 0 Å². The largest absolute Gasteiger partial charge is 0.396 e. The number of rotatable bonds is 4. The summed E-state index contributed by atoms with van der Waals surface area (Å²) in [5.74, 6) is 0.614. The Balaban J connectivity index is 2.43. The molecule has 1 aromatic heterocycles. The van der Waals surface area contributed by atoms with Gasteiger partial charge in [-0.25, -0.2) is 4.79 Å². The number of nitrogens with two attached hydrogens (primary N) is 1. The minimum absolute atomic E-state index is 0.0972. The minimum Gasteiger partial charge on any atom is -0.396 e. The van der Waals surface area contributed by atoms with Gasteiger partial charge in [-0.1, -0.05) is 13.8 Å². The first-order valence-electron chi connectivity index (χ1n) is 6.92. The Kier molecular flexibility index (Phi) is 4.17. The maximum Gasteiger partial charge on any atom is 0.330 e. The number of aromatic amines is 1. The fourth-order valence-electron chi connectivity index (χ4n) is 2.61. The Bertz CT molecular complexity index is 590. The third-order valence-corrected chi connectivity index (χ3v) is 3.62. The Morgan fingerprint density at radius 1 is 1.45 bits per heavy atom. The summed E-state index contributed by atoms with van der Waals surface area (Å²) in [5, 5.41) is 9.19. The van der Waals surface area contributed by atoms with E-state index in [-0.39, 0.29) is 24.3 Å². The van der Waals surface area contributed by atoms with Gasteiger partial charge in [0.1, 0.15) is 11.5 Å². The molecular formula is C13H22N4O3. The summed E-state index contributed by atoms with van der Waals surface area (Å²) in [4.78, 5) is 28.1. The number of aromatic nitrogens is 2. The lowest BCUT2D eigenvalue weighted by Crippen LogP contribution is -2.38. The molecule has 2 rings (SSSR count). The molecule has 7 heteroatoms. The summed E-state index contributed by atoms with van der Waals surface area (Å²) in [6.07, 6.45) is 0.818. The van der Waals surface area contributed by atoms with E-state index >= 15 is 0 Å². The highest BCUT2D eigenvalue weighted by molar-refractivity contribution is 5.62. The molecule has 1 aromatic rings. The molecule has 4 N–H and O–H groups in total. The second-order valence-corrected chi connectivity index (χ2v) is 5.78. The van der Waals surface area contributed by atoms with Crippen molar-refractivity contribution >= 4 is 11.5 Å².